The van der Waals surface area contributed by atoms with Gasteiger partial charge in [0.05, 0.1) is 18.4 Å². The van der Waals surface area contributed by atoms with Crippen molar-refractivity contribution in [3.63, 3.8) is 0 Å². The predicted octanol–water partition coefficient (Wildman–Crippen LogP) is 2.13. The quantitative estimate of drug-likeness (QED) is 0.894. The number of likely N-dealkylation sites (tertiary alicyclic amines) is 1. The molecule has 0 radical (unpaired) electrons. The molecule has 130 valence electrons. The van der Waals surface area contributed by atoms with Crippen LogP contribution in [0.25, 0.3) is 0 Å². The summed E-state index contributed by atoms with van der Waals surface area (Å²) in [6.45, 7) is 3.65. The van der Waals surface area contributed by atoms with Gasteiger partial charge in [0, 0.05) is 32.4 Å². The van der Waals surface area contributed by atoms with E-state index in [9.17, 15) is 4.79 Å². The number of rotatable bonds is 4. The van der Waals surface area contributed by atoms with E-state index >= 15 is 0 Å². The smallest absolute Gasteiger partial charge is 0.257 e. The van der Waals surface area contributed by atoms with Gasteiger partial charge in [-0.2, -0.15) is 0 Å². The summed E-state index contributed by atoms with van der Waals surface area (Å²) >= 11 is 0. The molecule has 2 aromatic rings. The highest BCUT2D eigenvalue weighted by Gasteiger charge is 2.38. The summed E-state index contributed by atoms with van der Waals surface area (Å²) in [6.07, 6.45) is 1.69. The molecule has 0 aliphatic carbocycles. The number of hydrogen-bond acceptors (Lipinski definition) is 5. The molecule has 2 aliphatic heterocycles. The van der Waals surface area contributed by atoms with Gasteiger partial charge in [-0.1, -0.05) is 12.1 Å². The van der Waals surface area contributed by atoms with E-state index in [1.165, 1.54) is 0 Å². The second kappa shape index (κ2) is 6.72. The Labute approximate surface area is 147 Å². The van der Waals surface area contributed by atoms with Crippen LogP contribution in [0.1, 0.15) is 10.4 Å². The summed E-state index contributed by atoms with van der Waals surface area (Å²) in [7, 11) is 1.63. The minimum absolute atomic E-state index is 0.0416. The number of para-hydroxylation sites is 2. The number of ether oxygens (including phenoxy) is 1. The molecular weight excluding hydrogens is 316 g/mol. The Kier molecular flexibility index (Phi) is 4.28. The minimum atomic E-state index is 0.0416. The first-order chi connectivity index (χ1) is 12.3. The summed E-state index contributed by atoms with van der Waals surface area (Å²) in [5.74, 6) is 2.47. The van der Waals surface area contributed by atoms with E-state index in [2.05, 4.69) is 15.6 Å². The molecule has 2 saturated heterocycles. The lowest BCUT2D eigenvalue weighted by Gasteiger charge is -2.19. The summed E-state index contributed by atoms with van der Waals surface area (Å²) in [4.78, 5) is 19.4. The predicted molar refractivity (Wildman–Crippen MR) is 96.3 cm³/mol. The van der Waals surface area contributed by atoms with Gasteiger partial charge in [0.15, 0.2) is 0 Å². The summed E-state index contributed by atoms with van der Waals surface area (Å²) in [5.41, 5.74) is 1.39. The highest BCUT2D eigenvalue weighted by atomic mass is 16.5. The molecule has 0 bridgehead atoms. The average molecular weight is 338 g/mol. The van der Waals surface area contributed by atoms with E-state index in [-0.39, 0.29) is 5.91 Å². The van der Waals surface area contributed by atoms with Crippen molar-refractivity contribution in [1.82, 2.24) is 15.2 Å². The number of nitrogens with one attached hydrogen (secondary N) is 2. The van der Waals surface area contributed by atoms with Crippen molar-refractivity contribution in [2.75, 3.05) is 38.6 Å². The highest BCUT2D eigenvalue weighted by molar-refractivity contribution is 5.99. The number of fused-ring (bicyclic) bond motifs is 1. The largest absolute Gasteiger partial charge is 0.495 e. The van der Waals surface area contributed by atoms with Crippen LogP contribution < -0.4 is 15.4 Å². The Bertz CT molecular complexity index is 768. The number of carbonyl (C=O) groups is 1. The van der Waals surface area contributed by atoms with Crippen molar-refractivity contribution in [3.05, 3.63) is 48.2 Å². The second-order valence-corrected chi connectivity index (χ2v) is 6.61. The van der Waals surface area contributed by atoms with Gasteiger partial charge in [-0.15, -0.1) is 0 Å². The van der Waals surface area contributed by atoms with Crippen LogP contribution in [0, 0.1) is 11.8 Å². The first-order valence-corrected chi connectivity index (χ1v) is 8.61. The fourth-order valence-corrected chi connectivity index (χ4v) is 3.74. The van der Waals surface area contributed by atoms with Crippen LogP contribution in [0.15, 0.2) is 42.6 Å². The fourth-order valence-electron chi connectivity index (χ4n) is 3.74. The lowest BCUT2D eigenvalue weighted by Crippen LogP contribution is -2.32. The topological polar surface area (TPSA) is 66.5 Å². The molecule has 2 N–H and O–H groups in total. The maximum atomic E-state index is 13.0. The monoisotopic (exact) mass is 338 g/mol. The molecule has 2 fully saturated rings. The molecule has 6 heteroatoms. The van der Waals surface area contributed by atoms with Crippen molar-refractivity contribution in [1.29, 1.82) is 0 Å². The number of amides is 1. The maximum absolute atomic E-state index is 13.0. The number of pyridine rings is 1. The number of methoxy groups -OCH3 is 1. The van der Waals surface area contributed by atoms with Crippen molar-refractivity contribution >= 4 is 17.4 Å². The van der Waals surface area contributed by atoms with Gasteiger partial charge in [-0.05, 0) is 36.1 Å². The van der Waals surface area contributed by atoms with E-state index in [1.54, 1.807) is 19.4 Å². The molecule has 25 heavy (non-hydrogen) atoms. The van der Waals surface area contributed by atoms with Gasteiger partial charge in [0.1, 0.15) is 11.6 Å². The third-order valence-corrected chi connectivity index (χ3v) is 5.07. The van der Waals surface area contributed by atoms with E-state index in [0.717, 1.165) is 31.9 Å². The Morgan fingerprint density at radius 1 is 1.20 bits per heavy atom. The Balaban J connectivity index is 1.58. The van der Waals surface area contributed by atoms with Gasteiger partial charge < -0.3 is 20.3 Å². The molecule has 2 aliphatic rings. The molecule has 2 atom stereocenters. The maximum Gasteiger partial charge on any atom is 0.257 e. The van der Waals surface area contributed by atoms with Crippen LogP contribution in [0.2, 0.25) is 0 Å². The molecule has 3 heterocycles. The lowest BCUT2D eigenvalue weighted by atomic mass is 10.0. The zero-order valence-corrected chi connectivity index (χ0v) is 14.2. The first kappa shape index (κ1) is 15.9. The Morgan fingerprint density at radius 2 is 1.96 bits per heavy atom. The Hall–Kier alpha value is -2.60. The summed E-state index contributed by atoms with van der Waals surface area (Å²) < 4.78 is 5.38. The molecule has 4 rings (SSSR count). The first-order valence-electron chi connectivity index (χ1n) is 8.61. The highest BCUT2D eigenvalue weighted by Crippen LogP contribution is 2.31. The van der Waals surface area contributed by atoms with Crippen LogP contribution in [-0.2, 0) is 0 Å². The number of carbonyl (C=O) groups excluding carboxylic acids is 1. The normalized spacial score (nSPS) is 21.9. The van der Waals surface area contributed by atoms with Gasteiger partial charge in [0.2, 0.25) is 0 Å². The van der Waals surface area contributed by atoms with Gasteiger partial charge in [0.25, 0.3) is 5.91 Å². The van der Waals surface area contributed by atoms with Crippen LogP contribution in [0.4, 0.5) is 11.5 Å². The van der Waals surface area contributed by atoms with Crippen molar-refractivity contribution in [2.24, 2.45) is 11.8 Å². The molecular formula is C19H22N4O2. The van der Waals surface area contributed by atoms with Crippen molar-refractivity contribution in [2.45, 2.75) is 0 Å². The number of anilines is 2. The molecule has 0 spiro atoms. The van der Waals surface area contributed by atoms with Crippen LogP contribution in [0.3, 0.4) is 0 Å². The molecule has 1 amide bonds. The van der Waals surface area contributed by atoms with Gasteiger partial charge in [-0.3, -0.25) is 4.79 Å². The zero-order valence-electron chi connectivity index (χ0n) is 14.2. The van der Waals surface area contributed by atoms with E-state index in [4.69, 9.17) is 4.74 Å². The Morgan fingerprint density at radius 3 is 2.72 bits per heavy atom. The number of hydrogen-bond donors (Lipinski definition) is 2. The molecule has 0 saturated carbocycles. The molecule has 6 nitrogen and oxygen atoms in total. The van der Waals surface area contributed by atoms with Crippen LogP contribution >= 0.6 is 0 Å². The zero-order chi connectivity index (χ0) is 17.2. The third-order valence-electron chi connectivity index (χ3n) is 5.07. The summed E-state index contributed by atoms with van der Waals surface area (Å²) in [5, 5.41) is 6.65. The lowest BCUT2D eigenvalue weighted by molar-refractivity contribution is 0.0782. The van der Waals surface area contributed by atoms with E-state index in [1.807, 2.05) is 35.2 Å². The van der Waals surface area contributed by atoms with Crippen LogP contribution in [0.5, 0.6) is 5.75 Å². The molecule has 0 unspecified atom stereocenters. The van der Waals surface area contributed by atoms with E-state index < -0.39 is 0 Å². The number of benzene rings is 1. The standard InChI is InChI=1S/C19H22N4O2/c1-25-17-7-3-2-6-16(17)22-18-15(5-4-8-21-18)19(24)23-11-13-9-20-10-14(13)12-23/h2-8,13-14,20H,9-12H2,1H3,(H,21,22)/t13-,14+. The molecule has 1 aromatic heterocycles. The average Bonchev–Trinajstić information content (AvgIpc) is 3.24. The number of nitrogens with zero attached hydrogens (tertiary/aromatic N) is 2. The minimum Gasteiger partial charge on any atom is -0.495 e. The number of aromatic nitrogens is 1. The fraction of sp³-hybridized carbons (Fsp3) is 0.368. The summed E-state index contributed by atoms with van der Waals surface area (Å²) in [6, 6.07) is 11.3. The third kappa shape index (κ3) is 3.05. The molecule has 1 aromatic carbocycles. The second-order valence-electron chi connectivity index (χ2n) is 6.61. The van der Waals surface area contributed by atoms with Gasteiger partial charge >= 0.3 is 0 Å². The van der Waals surface area contributed by atoms with E-state index in [0.29, 0.717) is 29.0 Å². The van der Waals surface area contributed by atoms with Crippen molar-refractivity contribution in [3.8, 4) is 5.75 Å². The van der Waals surface area contributed by atoms with Crippen LogP contribution in [-0.4, -0.2) is 49.1 Å². The van der Waals surface area contributed by atoms with Gasteiger partial charge in [-0.25, -0.2) is 4.98 Å². The SMILES string of the molecule is COc1ccccc1Nc1ncccc1C(=O)N1C[C@H]2CNC[C@H]2C1. The van der Waals surface area contributed by atoms with Crippen molar-refractivity contribution < 1.29 is 9.53 Å².